The number of hydrogen-bond donors (Lipinski definition) is 1. The van der Waals surface area contributed by atoms with Gasteiger partial charge in [-0.1, -0.05) is 11.6 Å². The molecular weight excluding hydrogens is 544 g/mol. The van der Waals surface area contributed by atoms with Crippen molar-refractivity contribution in [3.63, 3.8) is 0 Å². The molecule has 0 spiro atoms. The van der Waals surface area contributed by atoms with Crippen LogP contribution < -0.4 is 4.74 Å². The van der Waals surface area contributed by atoms with Crippen LogP contribution in [-0.4, -0.2) is 77.9 Å². The van der Waals surface area contributed by atoms with Gasteiger partial charge in [-0.25, -0.2) is 18.8 Å². The SMILES string of the molecule is COC(COc1cc(/C(N=N)=C(C)/N=C\C2CCN(C3COC3)C[C@@H]2F)cn2ncc(Cl)c12)c1ccc(F)cn1. The molecule has 2 fully saturated rings. The van der Waals surface area contributed by atoms with Gasteiger partial charge in [0.2, 0.25) is 0 Å². The number of nitrogens with one attached hydrogen (secondary N) is 1. The third-order valence-electron chi connectivity index (χ3n) is 7.23. The number of rotatable bonds is 10. The van der Waals surface area contributed by atoms with Gasteiger partial charge in [-0.05, 0) is 38.1 Å². The van der Waals surface area contributed by atoms with Crippen molar-refractivity contribution in [2.45, 2.75) is 31.7 Å². The number of aromatic nitrogens is 3. The van der Waals surface area contributed by atoms with Gasteiger partial charge in [0.1, 0.15) is 41.7 Å². The number of hydrogen-bond acceptors (Lipinski definition) is 9. The van der Waals surface area contributed by atoms with Crippen molar-refractivity contribution in [3.05, 3.63) is 64.6 Å². The molecule has 5 heterocycles. The second-order valence-electron chi connectivity index (χ2n) is 9.79. The van der Waals surface area contributed by atoms with Crippen molar-refractivity contribution in [1.29, 1.82) is 5.53 Å². The fourth-order valence-electron chi connectivity index (χ4n) is 4.81. The number of ether oxygens (including phenoxy) is 3. The Balaban J connectivity index is 1.37. The highest BCUT2D eigenvalue weighted by Crippen LogP contribution is 2.33. The standard InChI is InChI=1S/C27H30ClF2N7O3/c1-16(32-8-17-5-6-36(12-22(17)30)20-13-39-14-20)26(35-31)18-7-24(27-21(28)10-34-37(27)11-18)40-15-25(38-2)23-4-3-19(29)9-33-23/h3-4,7-11,17,20,22,25,31H,5-6,12-15H2,1-2H3/b26-16-,32-8-,35-31?/t17?,22-,25?/m0/s1. The molecule has 0 amide bonds. The summed E-state index contributed by atoms with van der Waals surface area (Å²) in [5, 5.41) is 8.37. The molecule has 2 saturated heterocycles. The molecule has 2 unspecified atom stereocenters. The maximum absolute atomic E-state index is 14.9. The monoisotopic (exact) mass is 573 g/mol. The molecule has 2 aliphatic rings. The lowest BCUT2D eigenvalue weighted by Gasteiger charge is -2.42. The summed E-state index contributed by atoms with van der Waals surface area (Å²) in [5.41, 5.74) is 10.1. The van der Waals surface area contributed by atoms with Crippen molar-refractivity contribution >= 4 is 29.0 Å². The molecule has 13 heteroatoms. The summed E-state index contributed by atoms with van der Waals surface area (Å²) in [7, 11) is 1.51. The second kappa shape index (κ2) is 12.5. The summed E-state index contributed by atoms with van der Waals surface area (Å²) < 4.78 is 46.6. The number of halogens is 3. The highest BCUT2D eigenvalue weighted by atomic mass is 35.5. The topological polar surface area (TPSA) is 110 Å². The number of allylic oxidation sites excluding steroid dienone is 1. The van der Waals surface area contributed by atoms with Crippen LogP contribution in [0.1, 0.15) is 30.7 Å². The molecule has 3 aromatic heterocycles. The number of piperidine rings is 1. The van der Waals surface area contributed by atoms with Gasteiger partial charge in [0.25, 0.3) is 0 Å². The van der Waals surface area contributed by atoms with Crippen LogP contribution >= 0.6 is 11.6 Å². The Morgan fingerprint density at radius 1 is 1.35 bits per heavy atom. The van der Waals surface area contributed by atoms with Crippen molar-refractivity contribution < 1.29 is 23.0 Å². The van der Waals surface area contributed by atoms with Crippen LogP contribution in [0.15, 0.2) is 52.6 Å². The smallest absolute Gasteiger partial charge is 0.147 e. The van der Waals surface area contributed by atoms with Crippen LogP contribution in [0, 0.1) is 17.3 Å². The van der Waals surface area contributed by atoms with Crippen LogP contribution in [-0.2, 0) is 9.47 Å². The first-order valence-electron chi connectivity index (χ1n) is 12.9. The van der Waals surface area contributed by atoms with Crippen LogP contribution in [0.5, 0.6) is 5.75 Å². The van der Waals surface area contributed by atoms with Crippen molar-refractivity contribution in [2.75, 3.05) is 40.0 Å². The zero-order chi connectivity index (χ0) is 28.2. The molecule has 5 rings (SSSR count). The molecular formula is C27H30ClF2N7O3. The molecule has 0 bridgehead atoms. The lowest BCUT2D eigenvalue weighted by Crippen LogP contribution is -2.54. The Kier molecular flexibility index (Phi) is 8.79. The third kappa shape index (κ3) is 6.04. The van der Waals surface area contributed by atoms with E-state index in [2.05, 4.69) is 25.1 Å². The Hall–Kier alpha value is -3.32. The first-order valence-corrected chi connectivity index (χ1v) is 13.3. The van der Waals surface area contributed by atoms with E-state index < -0.39 is 18.1 Å². The highest BCUT2D eigenvalue weighted by molar-refractivity contribution is 6.34. The summed E-state index contributed by atoms with van der Waals surface area (Å²) in [6, 6.07) is 4.82. The number of likely N-dealkylation sites (tertiary alicyclic amines) is 1. The molecule has 0 radical (unpaired) electrons. The van der Waals surface area contributed by atoms with E-state index in [9.17, 15) is 8.78 Å². The Morgan fingerprint density at radius 2 is 2.17 bits per heavy atom. The first-order chi connectivity index (χ1) is 19.4. The van der Waals surface area contributed by atoms with Crippen molar-refractivity contribution in [2.24, 2.45) is 16.0 Å². The van der Waals surface area contributed by atoms with Gasteiger partial charge in [0, 0.05) is 37.5 Å². The number of fused-ring (bicyclic) bond motifs is 1. The molecule has 3 atom stereocenters. The van der Waals surface area contributed by atoms with Crippen LogP contribution in [0.2, 0.25) is 5.02 Å². The average Bonchev–Trinajstić information content (AvgIpc) is 3.29. The van der Waals surface area contributed by atoms with Gasteiger partial charge in [-0.2, -0.15) is 10.2 Å². The minimum absolute atomic E-state index is 0.0491. The summed E-state index contributed by atoms with van der Waals surface area (Å²) >= 11 is 6.39. The normalized spacial score (nSPS) is 21.8. The summed E-state index contributed by atoms with van der Waals surface area (Å²) in [6.07, 6.45) is 4.94. The lowest BCUT2D eigenvalue weighted by molar-refractivity contribution is -0.0812. The van der Waals surface area contributed by atoms with E-state index in [-0.39, 0.29) is 18.2 Å². The number of methoxy groups -OCH3 is 1. The predicted molar refractivity (Wildman–Crippen MR) is 145 cm³/mol. The van der Waals surface area contributed by atoms with Crippen LogP contribution in [0.25, 0.3) is 11.2 Å². The third-order valence-corrected chi connectivity index (χ3v) is 7.51. The van der Waals surface area contributed by atoms with Crippen molar-refractivity contribution in [1.82, 2.24) is 19.5 Å². The summed E-state index contributed by atoms with van der Waals surface area (Å²) in [4.78, 5) is 10.7. The van der Waals surface area contributed by atoms with Gasteiger partial charge >= 0.3 is 0 Å². The maximum Gasteiger partial charge on any atom is 0.147 e. The van der Waals surface area contributed by atoms with E-state index in [1.807, 2.05) is 0 Å². The van der Waals surface area contributed by atoms with Crippen molar-refractivity contribution in [3.8, 4) is 5.75 Å². The van der Waals surface area contributed by atoms with E-state index >= 15 is 0 Å². The Bertz CT molecular complexity index is 1410. The van der Waals surface area contributed by atoms with E-state index in [0.717, 1.165) is 12.7 Å². The number of alkyl halides is 1. The maximum atomic E-state index is 14.9. The highest BCUT2D eigenvalue weighted by Gasteiger charge is 2.34. The fraction of sp³-hybridized carbons (Fsp3) is 0.444. The van der Waals surface area contributed by atoms with E-state index in [4.69, 9.17) is 31.3 Å². The van der Waals surface area contributed by atoms with Crippen LogP contribution in [0.4, 0.5) is 8.78 Å². The summed E-state index contributed by atoms with van der Waals surface area (Å²) in [5.74, 6) is -0.400. The lowest BCUT2D eigenvalue weighted by atomic mass is 9.94. The van der Waals surface area contributed by atoms with Gasteiger partial charge in [-0.15, -0.1) is 0 Å². The fourth-order valence-corrected chi connectivity index (χ4v) is 5.03. The largest absolute Gasteiger partial charge is 0.488 e. The van der Waals surface area contributed by atoms with Crippen LogP contribution in [0.3, 0.4) is 0 Å². The zero-order valence-electron chi connectivity index (χ0n) is 22.1. The molecule has 0 aromatic carbocycles. The molecule has 40 heavy (non-hydrogen) atoms. The van der Waals surface area contributed by atoms with Gasteiger partial charge in [-0.3, -0.25) is 14.9 Å². The molecule has 2 aliphatic heterocycles. The molecule has 0 saturated carbocycles. The minimum atomic E-state index is -1.03. The first kappa shape index (κ1) is 28.2. The predicted octanol–water partition coefficient (Wildman–Crippen LogP) is 5.14. The van der Waals surface area contributed by atoms with E-state index in [0.29, 0.717) is 65.5 Å². The summed E-state index contributed by atoms with van der Waals surface area (Å²) in [6.45, 7) is 4.24. The molecule has 1 N–H and O–H groups in total. The quantitative estimate of drug-likeness (QED) is 0.266. The number of nitrogens with zero attached hydrogens (tertiary/aromatic N) is 6. The van der Waals surface area contributed by atoms with Gasteiger partial charge in [0.05, 0.1) is 48.1 Å². The van der Waals surface area contributed by atoms with Gasteiger partial charge < -0.3 is 14.2 Å². The van der Waals surface area contributed by atoms with E-state index in [1.54, 1.807) is 25.4 Å². The Morgan fingerprint density at radius 3 is 2.83 bits per heavy atom. The van der Waals surface area contributed by atoms with E-state index in [1.165, 1.54) is 30.0 Å². The second-order valence-corrected chi connectivity index (χ2v) is 10.2. The number of pyridine rings is 2. The zero-order valence-corrected chi connectivity index (χ0v) is 22.9. The molecule has 0 aliphatic carbocycles. The minimum Gasteiger partial charge on any atom is -0.488 e. The average molecular weight is 574 g/mol. The molecule has 10 nitrogen and oxygen atoms in total. The van der Waals surface area contributed by atoms with Gasteiger partial charge in [0.15, 0.2) is 0 Å². The Labute approximate surface area is 235 Å². The molecule has 212 valence electrons. The number of aliphatic imine (C=N–C) groups is 1. The molecule has 3 aromatic rings.